The van der Waals surface area contributed by atoms with Crippen molar-refractivity contribution < 1.29 is 4.79 Å². The zero-order valence-electron chi connectivity index (χ0n) is 14.9. The number of anilines is 2. The molecule has 0 aromatic heterocycles. The van der Waals surface area contributed by atoms with Crippen molar-refractivity contribution in [2.24, 2.45) is 0 Å². The summed E-state index contributed by atoms with van der Waals surface area (Å²) in [5, 5.41) is 3.02. The normalized spacial score (nSPS) is 14.5. The summed E-state index contributed by atoms with van der Waals surface area (Å²) in [7, 11) is 0. The molecule has 2 aromatic carbocycles. The van der Waals surface area contributed by atoms with Crippen LogP contribution in [0.5, 0.6) is 0 Å². The van der Waals surface area contributed by atoms with Gasteiger partial charge < -0.3 is 10.2 Å². The standard InChI is InChI=1S/C21H26N2O/c1-15-13-17(3)20(14-16(15)2)21(24)22-18-7-9-19(10-8-18)23-11-5-4-6-12-23/h7-10,13-14H,4-6,11-12H2,1-3H3,(H,22,24). The number of piperidine rings is 1. The second-order valence-electron chi connectivity index (χ2n) is 6.80. The predicted molar refractivity (Wildman–Crippen MR) is 101 cm³/mol. The molecule has 1 heterocycles. The van der Waals surface area contributed by atoms with E-state index >= 15 is 0 Å². The highest BCUT2D eigenvalue weighted by Crippen LogP contribution is 2.23. The molecule has 1 fully saturated rings. The van der Waals surface area contributed by atoms with Gasteiger partial charge in [0.25, 0.3) is 5.91 Å². The molecule has 0 aliphatic carbocycles. The Kier molecular flexibility index (Phi) is 4.89. The Morgan fingerprint density at radius 3 is 2.17 bits per heavy atom. The highest BCUT2D eigenvalue weighted by Gasteiger charge is 2.13. The van der Waals surface area contributed by atoms with Crippen molar-refractivity contribution in [2.75, 3.05) is 23.3 Å². The number of amides is 1. The number of aryl methyl sites for hydroxylation is 3. The second-order valence-corrected chi connectivity index (χ2v) is 6.80. The van der Waals surface area contributed by atoms with E-state index < -0.39 is 0 Å². The number of hydrogen-bond donors (Lipinski definition) is 1. The van der Waals surface area contributed by atoms with Gasteiger partial charge in [-0.3, -0.25) is 4.79 Å². The van der Waals surface area contributed by atoms with Crippen molar-refractivity contribution in [3.63, 3.8) is 0 Å². The smallest absolute Gasteiger partial charge is 0.255 e. The fourth-order valence-electron chi connectivity index (χ4n) is 3.31. The highest BCUT2D eigenvalue weighted by molar-refractivity contribution is 6.05. The Bertz CT molecular complexity index is 728. The van der Waals surface area contributed by atoms with Crippen LogP contribution in [0.2, 0.25) is 0 Å². The first-order valence-electron chi connectivity index (χ1n) is 8.79. The molecule has 1 N–H and O–H groups in total. The van der Waals surface area contributed by atoms with E-state index in [1.165, 1.54) is 30.5 Å². The van der Waals surface area contributed by atoms with Crippen molar-refractivity contribution >= 4 is 17.3 Å². The van der Waals surface area contributed by atoms with Crippen LogP contribution in [0.3, 0.4) is 0 Å². The molecule has 3 nitrogen and oxygen atoms in total. The molecule has 1 aliphatic heterocycles. The molecule has 0 saturated carbocycles. The minimum absolute atomic E-state index is 0.0404. The van der Waals surface area contributed by atoms with Gasteiger partial charge in [-0.15, -0.1) is 0 Å². The number of hydrogen-bond acceptors (Lipinski definition) is 2. The van der Waals surface area contributed by atoms with Crippen molar-refractivity contribution in [2.45, 2.75) is 40.0 Å². The van der Waals surface area contributed by atoms with Crippen LogP contribution in [-0.4, -0.2) is 19.0 Å². The van der Waals surface area contributed by atoms with E-state index in [-0.39, 0.29) is 5.91 Å². The number of nitrogens with one attached hydrogen (secondary N) is 1. The van der Waals surface area contributed by atoms with Crippen LogP contribution in [0.25, 0.3) is 0 Å². The fourth-order valence-corrected chi connectivity index (χ4v) is 3.31. The quantitative estimate of drug-likeness (QED) is 0.875. The zero-order chi connectivity index (χ0) is 17.1. The lowest BCUT2D eigenvalue weighted by molar-refractivity contribution is 0.102. The predicted octanol–water partition coefficient (Wildman–Crippen LogP) is 4.85. The summed E-state index contributed by atoms with van der Waals surface area (Å²) in [6.07, 6.45) is 3.87. The van der Waals surface area contributed by atoms with Gasteiger partial charge >= 0.3 is 0 Å². The molecule has 2 aromatic rings. The summed E-state index contributed by atoms with van der Waals surface area (Å²) < 4.78 is 0. The van der Waals surface area contributed by atoms with Crippen molar-refractivity contribution in [1.29, 1.82) is 0 Å². The third-order valence-electron chi connectivity index (χ3n) is 4.93. The van der Waals surface area contributed by atoms with Gasteiger partial charge in [0.2, 0.25) is 0 Å². The average molecular weight is 322 g/mol. The maximum Gasteiger partial charge on any atom is 0.255 e. The topological polar surface area (TPSA) is 32.3 Å². The monoisotopic (exact) mass is 322 g/mol. The van der Waals surface area contributed by atoms with E-state index in [2.05, 4.69) is 35.3 Å². The van der Waals surface area contributed by atoms with Gasteiger partial charge in [-0.25, -0.2) is 0 Å². The summed E-state index contributed by atoms with van der Waals surface area (Å²) in [6, 6.07) is 12.3. The first-order chi connectivity index (χ1) is 11.5. The molecule has 24 heavy (non-hydrogen) atoms. The van der Waals surface area contributed by atoms with Crippen LogP contribution in [0.4, 0.5) is 11.4 Å². The molecule has 0 atom stereocenters. The Morgan fingerprint density at radius 2 is 1.50 bits per heavy atom. The van der Waals surface area contributed by atoms with E-state index in [9.17, 15) is 4.79 Å². The van der Waals surface area contributed by atoms with Crippen LogP contribution >= 0.6 is 0 Å². The zero-order valence-corrected chi connectivity index (χ0v) is 14.9. The molecule has 0 unspecified atom stereocenters. The second kappa shape index (κ2) is 7.08. The summed E-state index contributed by atoms with van der Waals surface area (Å²) in [6.45, 7) is 8.37. The van der Waals surface area contributed by atoms with E-state index in [1.54, 1.807) is 0 Å². The molecule has 126 valence electrons. The van der Waals surface area contributed by atoms with Gasteiger partial charge in [0.05, 0.1) is 0 Å². The lowest BCUT2D eigenvalue weighted by atomic mass is 10.0. The summed E-state index contributed by atoms with van der Waals surface area (Å²) >= 11 is 0. The number of rotatable bonds is 3. The van der Waals surface area contributed by atoms with E-state index in [1.807, 2.05) is 32.0 Å². The molecule has 0 radical (unpaired) electrons. The maximum atomic E-state index is 12.6. The van der Waals surface area contributed by atoms with Crippen molar-refractivity contribution in [3.8, 4) is 0 Å². The third kappa shape index (κ3) is 3.61. The van der Waals surface area contributed by atoms with Gasteiger partial charge in [-0.1, -0.05) is 6.07 Å². The van der Waals surface area contributed by atoms with Gasteiger partial charge in [0.1, 0.15) is 0 Å². The minimum atomic E-state index is -0.0404. The Morgan fingerprint density at radius 1 is 0.875 bits per heavy atom. The third-order valence-corrected chi connectivity index (χ3v) is 4.93. The van der Waals surface area contributed by atoms with Gasteiger partial charge in [0.15, 0.2) is 0 Å². The fraction of sp³-hybridized carbons (Fsp3) is 0.381. The SMILES string of the molecule is Cc1cc(C)c(C(=O)Nc2ccc(N3CCCCC3)cc2)cc1C. The first-order valence-corrected chi connectivity index (χ1v) is 8.79. The summed E-state index contributed by atoms with van der Waals surface area (Å²) in [4.78, 5) is 15.0. The van der Waals surface area contributed by atoms with Gasteiger partial charge in [0, 0.05) is 30.0 Å². The molecule has 0 bridgehead atoms. The molecule has 3 heteroatoms. The Labute approximate surface area is 144 Å². The Hall–Kier alpha value is -2.29. The lowest BCUT2D eigenvalue weighted by Gasteiger charge is -2.28. The highest BCUT2D eigenvalue weighted by atomic mass is 16.1. The van der Waals surface area contributed by atoms with E-state index in [0.29, 0.717) is 0 Å². The number of carbonyl (C=O) groups excluding carboxylic acids is 1. The molecular weight excluding hydrogens is 296 g/mol. The molecular formula is C21H26N2O. The van der Waals surface area contributed by atoms with Crippen LogP contribution in [0.15, 0.2) is 36.4 Å². The summed E-state index contributed by atoms with van der Waals surface area (Å²) in [5.41, 5.74) is 6.22. The summed E-state index contributed by atoms with van der Waals surface area (Å²) in [5.74, 6) is -0.0404. The Balaban J connectivity index is 1.71. The number of carbonyl (C=O) groups is 1. The molecule has 1 aliphatic rings. The molecule has 3 rings (SSSR count). The molecule has 1 amide bonds. The average Bonchev–Trinajstić information content (AvgIpc) is 2.59. The van der Waals surface area contributed by atoms with Gasteiger partial charge in [-0.05, 0) is 87.1 Å². The first kappa shape index (κ1) is 16.6. The van der Waals surface area contributed by atoms with E-state index in [0.717, 1.165) is 35.5 Å². The van der Waals surface area contributed by atoms with Crippen LogP contribution in [0.1, 0.15) is 46.3 Å². The molecule has 1 saturated heterocycles. The molecule has 0 spiro atoms. The minimum Gasteiger partial charge on any atom is -0.372 e. The lowest BCUT2D eigenvalue weighted by Crippen LogP contribution is -2.29. The maximum absolute atomic E-state index is 12.6. The van der Waals surface area contributed by atoms with E-state index in [4.69, 9.17) is 0 Å². The van der Waals surface area contributed by atoms with Gasteiger partial charge in [-0.2, -0.15) is 0 Å². The van der Waals surface area contributed by atoms with Crippen LogP contribution in [-0.2, 0) is 0 Å². The van der Waals surface area contributed by atoms with Crippen LogP contribution < -0.4 is 10.2 Å². The largest absolute Gasteiger partial charge is 0.372 e. The number of nitrogens with zero attached hydrogens (tertiary/aromatic N) is 1. The van der Waals surface area contributed by atoms with Crippen molar-refractivity contribution in [1.82, 2.24) is 0 Å². The van der Waals surface area contributed by atoms with Crippen LogP contribution in [0, 0.1) is 20.8 Å². The van der Waals surface area contributed by atoms with Crippen molar-refractivity contribution in [3.05, 3.63) is 58.7 Å². The number of benzene rings is 2.